The Kier molecular flexibility index (Phi) is 4.39. The van der Waals surface area contributed by atoms with E-state index >= 15 is 0 Å². The summed E-state index contributed by atoms with van der Waals surface area (Å²) < 4.78 is 7.09. The Bertz CT molecular complexity index is 599. The highest BCUT2D eigenvalue weighted by atomic mass is 16.5. The van der Waals surface area contributed by atoms with Crippen LogP contribution in [-0.2, 0) is 16.6 Å². The molecule has 0 saturated heterocycles. The molecule has 7 heteroatoms. The van der Waals surface area contributed by atoms with Crippen molar-refractivity contribution in [2.45, 2.75) is 39.7 Å². The van der Waals surface area contributed by atoms with Gasteiger partial charge in [-0.2, -0.15) is 10.2 Å². The Balaban J connectivity index is 1.93. The number of aryl methyl sites for hydroxylation is 2. The fourth-order valence-corrected chi connectivity index (χ4v) is 2.08. The van der Waals surface area contributed by atoms with Gasteiger partial charge < -0.3 is 10.1 Å². The van der Waals surface area contributed by atoms with Crippen LogP contribution in [0.2, 0.25) is 0 Å². The van der Waals surface area contributed by atoms with Crippen molar-refractivity contribution in [2.24, 2.45) is 7.05 Å². The van der Waals surface area contributed by atoms with E-state index in [0.29, 0.717) is 25.3 Å². The Morgan fingerprint density at radius 2 is 2.25 bits per heavy atom. The van der Waals surface area contributed by atoms with Crippen LogP contribution in [0.25, 0.3) is 11.0 Å². The van der Waals surface area contributed by atoms with Gasteiger partial charge in [-0.25, -0.2) is 4.68 Å². The minimum atomic E-state index is -0.0499. The van der Waals surface area contributed by atoms with Crippen LogP contribution in [0.4, 0.5) is 5.82 Å². The fraction of sp³-hybridized carbons (Fsp3) is 0.615. The quantitative estimate of drug-likeness (QED) is 0.789. The molecule has 110 valence electrons. The number of hydrogen-bond acceptors (Lipinski definition) is 4. The zero-order valence-electron chi connectivity index (χ0n) is 12.4. The molecular weight excluding hydrogens is 258 g/mol. The normalized spacial score (nSPS) is 11.4. The summed E-state index contributed by atoms with van der Waals surface area (Å²) >= 11 is 0. The van der Waals surface area contributed by atoms with Gasteiger partial charge in [-0.15, -0.1) is 0 Å². The number of aromatic amines is 1. The SMILES string of the molecule is Cc1nn(C)c2n[nH]c(NC(=O)CCCOC(C)C)c12. The van der Waals surface area contributed by atoms with Gasteiger partial charge in [0.2, 0.25) is 5.91 Å². The molecule has 0 aliphatic carbocycles. The molecule has 0 atom stereocenters. The number of nitrogens with zero attached hydrogens (tertiary/aromatic N) is 3. The summed E-state index contributed by atoms with van der Waals surface area (Å²) in [4.78, 5) is 11.9. The highest BCUT2D eigenvalue weighted by molar-refractivity contribution is 5.99. The fourth-order valence-electron chi connectivity index (χ4n) is 2.08. The van der Waals surface area contributed by atoms with E-state index in [1.54, 1.807) is 4.68 Å². The highest BCUT2D eigenvalue weighted by Gasteiger charge is 2.15. The third-order valence-electron chi connectivity index (χ3n) is 2.98. The molecule has 7 nitrogen and oxygen atoms in total. The van der Waals surface area contributed by atoms with E-state index in [0.717, 1.165) is 16.7 Å². The molecule has 0 saturated carbocycles. The number of rotatable bonds is 6. The number of H-pyrrole nitrogens is 1. The maximum atomic E-state index is 11.9. The topological polar surface area (TPSA) is 84.8 Å². The molecule has 0 radical (unpaired) electrons. The van der Waals surface area contributed by atoms with E-state index in [-0.39, 0.29) is 12.0 Å². The third-order valence-corrected chi connectivity index (χ3v) is 2.98. The summed E-state index contributed by atoms with van der Waals surface area (Å²) in [6, 6.07) is 0. The average molecular weight is 279 g/mol. The Morgan fingerprint density at radius 3 is 2.95 bits per heavy atom. The molecule has 2 heterocycles. The maximum Gasteiger partial charge on any atom is 0.225 e. The molecule has 0 spiro atoms. The van der Waals surface area contributed by atoms with Crippen LogP contribution in [0.5, 0.6) is 0 Å². The zero-order chi connectivity index (χ0) is 14.7. The number of fused-ring (bicyclic) bond motifs is 1. The average Bonchev–Trinajstić information content (AvgIpc) is 2.89. The number of amides is 1. The van der Waals surface area contributed by atoms with Crippen LogP contribution >= 0.6 is 0 Å². The lowest BCUT2D eigenvalue weighted by atomic mass is 10.3. The van der Waals surface area contributed by atoms with Crippen molar-refractivity contribution in [3.63, 3.8) is 0 Å². The molecule has 2 aromatic rings. The summed E-state index contributed by atoms with van der Waals surface area (Å²) in [7, 11) is 1.82. The van der Waals surface area contributed by atoms with Gasteiger partial charge in [0, 0.05) is 20.1 Å². The predicted molar refractivity (Wildman–Crippen MR) is 76.5 cm³/mol. The first kappa shape index (κ1) is 14.5. The van der Waals surface area contributed by atoms with Crippen molar-refractivity contribution in [1.29, 1.82) is 0 Å². The van der Waals surface area contributed by atoms with Crippen molar-refractivity contribution in [2.75, 3.05) is 11.9 Å². The molecule has 0 fully saturated rings. The molecular formula is C13H21N5O2. The molecule has 2 aromatic heterocycles. The van der Waals surface area contributed by atoms with Crippen molar-refractivity contribution in [3.8, 4) is 0 Å². The molecule has 0 unspecified atom stereocenters. The first-order chi connectivity index (χ1) is 9.49. The molecule has 20 heavy (non-hydrogen) atoms. The van der Waals surface area contributed by atoms with Gasteiger partial charge in [0.1, 0.15) is 5.82 Å². The Labute approximate surface area is 117 Å². The lowest BCUT2D eigenvalue weighted by Gasteiger charge is -2.07. The van der Waals surface area contributed by atoms with E-state index in [1.165, 1.54) is 0 Å². The molecule has 0 aliphatic heterocycles. The van der Waals surface area contributed by atoms with Gasteiger partial charge in [0.15, 0.2) is 5.65 Å². The van der Waals surface area contributed by atoms with Crippen molar-refractivity contribution >= 4 is 22.8 Å². The largest absolute Gasteiger partial charge is 0.379 e. The summed E-state index contributed by atoms with van der Waals surface area (Å²) in [5.41, 5.74) is 1.58. The van der Waals surface area contributed by atoms with E-state index in [2.05, 4.69) is 20.6 Å². The van der Waals surface area contributed by atoms with Crippen LogP contribution in [-0.4, -0.2) is 38.6 Å². The number of carbonyl (C=O) groups is 1. The highest BCUT2D eigenvalue weighted by Crippen LogP contribution is 2.23. The summed E-state index contributed by atoms with van der Waals surface area (Å²) in [6.07, 6.45) is 1.32. The predicted octanol–water partition coefficient (Wildman–Crippen LogP) is 1.75. The second kappa shape index (κ2) is 6.04. The van der Waals surface area contributed by atoms with Crippen molar-refractivity contribution in [3.05, 3.63) is 5.69 Å². The van der Waals surface area contributed by atoms with Crippen LogP contribution in [0.1, 0.15) is 32.4 Å². The number of anilines is 1. The minimum Gasteiger partial charge on any atom is -0.379 e. The number of nitrogens with one attached hydrogen (secondary N) is 2. The second-order valence-corrected chi connectivity index (χ2v) is 5.08. The summed E-state index contributed by atoms with van der Waals surface area (Å²) in [6.45, 7) is 6.44. The first-order valence-corrected chi connectivity index (χ1v) is 6.78. The number of hydrogen-bond donors (Lipinski definition) is 2. The van der Waals surface area contributed by atoms with E-state index in [1.807, 2.05) is 27.8 Å². The molecule has 2 N–H and O–H groups in total. The van der Waals surface area contributed by atoms with Crippen LogP contribution < -0.4 is 5.32 Å². The van der Waals surface area contributed by atoms with E-state index < -0.39 is 0 Å². The second-order valence-electron chi connectivity index (χ2n) is 5.08. The van der Waals surface area contributed by atoms with E-state index in [9.17, 15) is 4.79 Å². The standard InChI is InChI=1S/C13H21N5O2/c1-8(2)20-7-5-6-10(19)14-12-11-9(3)17-18(4)13(11)16-15-12/h8H,5-7H2,1-4H3,(H2,14,15,16,19). The van der Waals surface area contributed by atoms with Crippen LogP contribution in [0.3, 0.4) is 0 Å². The molecule has 2 rings (SSSR count). The van der Waals surface area contributed by atoms with Crippen LogP contribution in [0.15, 0.2) is 0 Å². The van der Waals surface area contributed by atoms with Gasteiger partial charge in [-0.05, 0) is 27.2 Å². The number of carbonyl (C=O) groups excluding carboxylic acids is 1. The third kappa shape index (κ3) is 3.16. The summed E-state index contributed by atoms with van der Waals surface area (Å²) in [5.74, 6) is 0.562. The van der Waals surface area contributed by atoms with Gasteiger partial charge in [-0.3, -0.25) is 9.89 Å². The van der Waals surface area contributed by atoms with Gasteiger partial charge in [-0.1, -0.05) is 0 Å². The maximum absolute atomic E-state index is 11.9. The van der Waals surface area contributed by atoms with E-state index in [4.69, 9.17) is 4.74 Å². The van der Waals surface area contributed by atoms with Gasteiger partial charge in [0.25, 0.3) is 0 Å². The lowest BCUT2D eigenvalue weighted by Crippen LogP contribution is -2.13. The van der Waals surface area contributed by atoms with Gasteiger partial charge >= 0.3 is 0 Å². The lowest BCUT2D eigenvalue weighted by molar-refractivity contribution is -0.116. The van der Waals surface area contributed by atoms with Gasteiger partial charge in [0.05, 0.1) is 17.2 Å². The first-order valence-electron chi connectivity index (χ1n) is 6.78. The molecule has 0 bridgehead atoms. The van der Waals surface area contributed by atoms with Crippen molar-refractivity contribution in [1.82, 2.24) is 20.0 Å². The molecule has 1 amide bonds. The van der Waals surface area contributed by atoms with Crippen molar-refractivity contribution < 1.29 is 9.53 Å². The summed E-state index contributed by atoms with van der Waals surface area (Å²) in [5, 5.41) is 15.0. The number of aromatic nitrogens is 4. The van der Waals surface area contributed by atoms with Crippen LogP contribution in [0, 0.1) is 6.92 Å². The smallest absolute Gasteiger partial charge is 0.225 e. The monoisotopic (exact) mass is 279 g/mol. The zero-order valence-corrected chi connectivity index (χ0v) is 12.4. The minimum absolute atomic E-state index is 0.0499. The Hall–Kier alpha value is -1.89. The number of ether oxygens (including phenoxy) is 1. The Morgan fingerprint density at radius 1 is 1.50 bits per heavy atom. The molecule has 0 aliphatic rings. The molecule has 0 aromatic carbocycles.